The highest BCUT2D eigenvalue weighted by Crippen LogP contribution is 2.35. The zero-order valence-electron chi connectivity index (χ0n) is 10.7. The molecule has 3 heteroatoms. The molecule has 0 saturated heterocycles. The van der Waals surface area contributed by atoms with Crippen molar-refractivity contribution in [2.75, 3.05) is 6.61 Å². The highest BCUT2D eigenvalue weighted by Gasteiger charge is 2.30. The van der Waals surface area contributed by atoms with Crippen LogP contribution < -0.4 is 0 Å². The van der Waals surface area contributed by atoms with Crippen molar-refractivity contribution in [2.45, 2.75) is 43.5 Å². The lowest BCUT2D eigenvalue weighted by atomic mass is 9.79. The Morgan fingerprint density at radius 3 is 2.89 bits per heavy atom. The molecule has 0 bridgehead atoms. The Labute approximate surface area is 123 Å². The molecular weight excluding hydrogens is 312 g/mol. The van der Waals surface area contributed by atoms with Crippen molar-refractivity contribution >= 4 is 27.5 Å². The minimum atomic E-state index is 0.519. The summed E-state index contributed by atoms with van der Waals surface area (Å²) in [5.41, 5.74) is 1.31. The Morgan fingerprint density at radius 2 is 2.22 bits per heavy atom. The van der Waals surface area contributed by atoms with Crippen LogP contribution in [0.5, 0.6) is 0 Å². The monoisotopic (exact) mass is 330 g/mol. The molecule has 100 valence electrons. The SMILES string of the molecule is CCOC1CC(CC(Br)Cc2cccc(Cl)c2)C1. The molecule has 1 nitrogen and oxygen atoms in total. The molecule has 1 aromatic rings. The smallest absolute Gasteiger partial charge is 0.0580 e. The van der Waals surface area contributed by atoms with Gasteiger partial charge in [0.05, 0.1) is 6.10 Å². The van der Waals surface area contributed by atoms with Gasteiger partial charge in [-0.1, -0.05) is 39.7 Å². The average molecular weight is 332 g/mol. The molecule has 0 N–H and O–H groups in total. The van der Waals surface area contributed by atoms with E-state index >= 15 is 0 Å². The molecule has 0 heterocycles. The summed E-state index contributed by atoms with van der Waals surface area (Å²) in [5.74, 6) is 0.824. The van der Waals surface area contributed by atoms with Crippen LogP contribution in [-0.4, -0.2) is 17.5 Å². The standard InChI is InChI=1S/C15H20BrClO/c1-2-18-15-9-12(10-15)7-13(16)6-11-4-3-5-14(17)8-11/h3-5,8,12-13,15H,2,6-7,9-10H2,1H3. The Kier molecular flexibility index (Phi) is 5.53. The van der Waals surface area contributed by atoms with Gasteiger partial charge in [0.1, 0.15) is 0 Å². The zero-order chi connectivity index (χ0) is 13.0. The Hall–Kier alpha value is -0.0500. The number of ether oxygens (including phenoxy) is 1. The van der Waals surface area contributed by atoms with E-state index in [9.17, 15) is 0 Å². The molecule has 1 unspecified atom stereocenters. The van der Waals surface area contributed by atoms with Crippen LogP contribution in [0.4, 0.5) is 0 Å². The van der Waals surface area contributed by atoms with Gasteiger partial charge in [-0.25, -0.2) is 0 Å². The first-order valence-corrected chi connectivity index (χ1v) is 7.96. The third kappa shape index (κ3) is 4.25. The summed E-state index contributed by atoms with van der Waals surface area (Å²) in [4.78, 5) is 0.545. The maximum absolute atomic E-state index is 5.99. The first kappa shape index (κ1) is 14.4. The molecule has 0 radical (unpaired) electrons. The maximum atomic E-state index is 5.99. The molecule has 1 aliphatic rings. The van der Waals surface area contributed by atoms with Crippen LogP contribution in [0.3, 0.4) is 0 Å². The highest BCUT2D eigenvalue weighted by molar-refractivity contribution is 9.09. The summed E-state index contributed by atoms with van der Waals surface area (Å²) in [5, 5.41) is 0.826. The lowest BCUT2D eigenvalue weighted by molar-refractivity contribution is -0.0263. The van der Waals surface area contributed by atoms with Crippen molar-refractivity contribution < 1.29 is 4.74 Å². The van der Waals surface area contributed by atoms with E-state index in [1.807, 2.05) is 12.1 Å². The Bertz CT molecular complexity index is 377. The number of hydrogen-bond acceptors (Lipinski definition) is 1. The van der Waals surface area contributed by atoms with E-state index in [0.717, 1.165) is 24.0 Å². The number of benzene rings is 1. The molecular formula is C15H20BrClO. The summed E-state index contributed by atoms with van der Waals surface area (Å²) in [6.07, 6.45) is 5.26. The molecule has 0 amide bonds. The van der Waals surface area contributed by atoms with Gasteiger partial charge in [0.15, 0.2) is 0 Å². The molecule has 18 heavy (non-hydrogen) atoms. The van der Waals surface area contributed by atoms with Crippen LogP contribution in [-0.2, 0) is 11.2 Å². The lowest BCUT2D eigenvalue weighted by Crippen LogP contribution is -2.33. The first-order chi connectivity index (χ1) is 8.67. The number of hydrogen-bond donors (Lipinski definition) is 0. The van der Waals surface area contributed by atoms with E-state index < -0.39 is 0 Å². The van der Waals surface area contributed by atoms with Gasteiger partial charge in [-0.05, 0) is 56.2 Å². The fourth-order valence-electron chi connectivity index (χ4n) is 2.60. The molecule has 0 spiro atoms. The topological polar surface area (TPSA) is 9.23 Å². The lowest BCUT2D eigenvalue weighted by Gasteiger charge is -2.36. The van der Waals surface area contributed by atoms with E-state index in [1.54, 1.807) is 0 Å². The second-order valence-corrected chi connectivity index (χ2v) is 6.81. The van der Waals surface area contributed by atoms with Gasteiger partial charge in [0.25, 0.3) is 0 Å². The van der Waals surface area contributed by atoms with Crippen molar-refractivity contribution in [1.29, 1.82) is 0 Å². The molecule has 1 saturated carbocycles. The predicted molar refractivity (Wildman–Crippen MR) is 80.6 cm³/mol. The highest BCUT2D eigenvalue weighted by atomic mass is 79.9. The first-order valence-electron chi connectivity index (χ1n) is 6.67. The summed E-state index contributed by atoms with van der Waals surface area (Å²) < 4.78 is 5.59. The second-order valence-electron chi connectivity index (χ2n) is 5.08. The van der Waals surface area contributed by atoms with Crippen molar-refractivity contribution in [1.82, 2.24) is 0 Å². The van der Waals surface area contributed by atoms with E-state index in [1.165, 1.54) is 24.8 Å². The van der Waals surface area contributed by atoms with Crippen LogP contribution in [0.1, 0.15) is 31.7 Å². The molecule has 0 aliphatic heterocycles. The largest absolute Gasteiger partial charge is 0.378 e. The van der Waals surface area contributed by atoms with Crippen LogP contribution >= 0.6 is 27.5 Å². The van der Waals surface area contributed by atoms with Gasteiger partial charge >= 0.3 is 0 Å². The molecule has 1 aliphatic carbocycles. The third-order valence-electron chi connectivity index (χ3n) is 3.53. The minimum Gasteiger partial charge on any atom is -0.378 e. The van der Waals surface area contributed by atoms with Crippen LogP contribution in [0.2, 0.25) is 5.02 Å². The zero-order valence-corrected chi connectivity index (χ0v) is 13.1. The Morgan fingerprint density at radius 1 is 1.44 bits per heavy atom. The van der Waals surface area contributed by atoms with Gasteiger partial charge < -0.3 is 4.74 Å². The Balaban J connectivity index is 1.71. The molecule has 0 aromatic heterocycles. The number of rotatable bonds is 6. The normalized spacial score (nSPS) is 24.6. The maximum Gasteiger partial charge on any atom is 0.0580 e. The second kappa shape index (κ2) is 6.93. The molecule has 1 fully saturated rings. The summed E-state index contributed by atoms with van der Waals surface area (Å²) in [7, 11) is 0. The van der Waals surface area contributed by atoms with E-state index in [2.05, 4.69) is 35.0 Å². The molecule has 2 rings (SSSR count). The minimum absolute atomic E-state index is 0.519. The number of halogens is 2. The van der Waals surface area contributed by atoms with Crippen molar-refractivity contribution in [3.63, 3.8) is 0 Å². The van der Waals surface area contributed by atoms with Gasteiger partial charge in [-0.15, -0.1) is 0 Å². The third-order valence-corrected chi connectivity index (χ3v) is 4.46. The van der Waals surface area contributed by atoms with Crippen molar-refractivity contribution in [3.8, 4) is 0 Å². The molecule has 1 atom stereocenters. The van der Waals surface area contributed by atoms with Crippen LogP contribution in [0, 0.1) is 5.92 Å². The van der Waals surface area contributed by atoms with Crippen LogP contribution in [0.15, 0.2) is 24.3 Å². The van der Waals surface area contributed by atoms with Gasteiger partial charge in [0.2, 0.25) is 0 Å². The van der Waals surface area contributed by atoms with E-state index in [0.29, 0.717) is 10.9 Å². The number of alkyl halides is 1. The summed E-state index contributed by atoms with van der Waals surface area (Å²) in [6, 6.07) is 8.14. The van der Waals surface area contributed by atoms with E-state index in [-0.39, 0.29) is 0 Å². The van der Waals surface area contributed by atoms with E-state index in [4.69, 9.17) is 16.3 Å². The molecule has 1 aromatic carbocycles. The average Bonchev–Trinajstić information content (AvgIpc) is 2.26. The van der Waals surface area contributed by atoms with Gasteiger partial charge in [-0.3, -0.25) is 0 Å². The van der Waals surface area contributed by atoms with Crippen LogP contribution in [0.25, 0.3) is 0 Å². The quantitative estimate of drug-likeness (QED) is 0.677. The summed E-state index contributed by atoms with van der Waals surface area (Å²) >= 11 is 9.78. The van der Waals surface area contributed by atoms with Crippen molar-refractivity contribution in [2.24, 2.45) is 5.92 Å². The van der Waals surface area contributed by atoms with Crippen molar-refractivity contribution in [3.05, 3.63) is 34.9 Å². The van der Waals surface area contributed by atoms with Gasteiger partial charge in [-0.2, -0.15) is 0 Å². The van der Waals surface area contributed by atoms with Gasteiger partial charge in [0, 0.05) is 16.5 Å². The predicted octanol–water partition coefficient (Wildman–Crippen LogP) is 4.85. The fourth-order valence-corrected chi connectivity index (χ4v) is 3.72. The fraction of sp³-hybridized carbons (Fsp3) is 0.600. The summed E-state index contributed by atoms with van der Waals surface area (Å²) in [6.45, 7) is 2.91.